The number of anilines is 1. The fourth-order valence-corrected chi connectivity index (χ4v) is 2.68. The highest BCUT2D eigenvalue weighted by Crippen LogP contribution is 2.29. The molecule has 146 valence electrons. The van der Waals surface area contributed by atoms with Crippen molar-refractivity contribution in [3.63, 3.8) is 0 Å². The lowest BCUT2D eigenvalue weighted by atomic mass is 10.1. The number of hydrogen-bond donors (Lipinski definition) is 1. The Labute approximate surface area is 162 Å². The van der Waals surface area contributed by atoms with Crippen LogP contribution in [-0.4, -0.2) is 46.9 Å². The number of benzene rings is 2. The van der Waals surface area contributed by atoms with Gasteiger partial charge in [0.05, 0.1) is 20.8 Å². The maximum absolute atomic E-state index is 12.7. The molecule has 9 heteroatoms. The molecule has 3 aromatic rings. The number of carbonyl (C=O) groups excluding carboxylic acids is 1. The molecule has 0 fully saturated rings. The van der Waals surface area contributed by atoms with Gasteiger partial charge in [0, 0.05) is 11.3 Å². The Morgan fingerprint density at radius 2 is 1.82 bits per heavy atom. The molecule has 0 radical (unpaired) electrons. The molecule has 0 aliphatic rings. The van der Waals surface area contributed by atoms with E-state index < -0.39 is 0 Å². The number of aromatic nitrogens is 4. The number of methoxy groups -OCH3 is 2. The van der Waals surface area contributed by atoms with E-state index in [1.807, 2.05) is 6.92 Å². The van der Waals surface area contributed by atoms with Gasteiger partial charge in [-0.3, -0.25) is 4.79 Å². The second kappa shape index (κ2) is 8.38. The molecule has 28 heavy (non-hydrogen) atoms. The van der Waals surface area contributed by atoms with Crippen molar-refractivity contribution < 1.29 is 19.0 Å². The molecule has 0 bridgehead atoms. The first kappa shape index (κ1) is 19.2. The van der Waals surface area contributed by atoms with Crippen molar-refractivity contribution in [2.75, 3.05) is 26.1 Å². The number of amides is 1. The standard InChI is InChI=1S/C19H21N5O4/c1-5-28-18-10-13(6-8-17(18)27-4)19(25)20-14-7-9-16(26-3)15(11-14)24-12(2)21-22-23-24/h6-11H,5H2,1-4H3,(H,20,25). The molecule has 0 atom stereocenters. The number of tetrazole rings is 1. The van der Waals surface area contributed by atoms with Crippen LogP contribution in [0.1, 0.15) is 23.1 Å². The van der Waals surface area contributed by atoms with Crippen LogP contribution in [0.4, 0.5) is 5.69 Å². The van der Waals surface area contributed by atoms with Gasteiger partial charge in [-0.1, -0.05) is 0 Å². The van der Waals surface area contributed by atoms with Crippen molar-refractivity contribution in [3.8, 4) is 22.9 Å². The Bertz CT molecular complexity index is 986. The molecule has 0 aliphatic heterocycles. The summed E-state index contributed by atoms with van der Waals surface area (Å²) in [4.78, 5) is 12.7. The number of hydrogen-bond acceptors (Lipinski definition) is 7. The van der Waals surface area contributed by atoms with Gasteiger partial charge >= 0.3 is 0 Å². The molecule has 0 unspecified atom stereocenters. The quantitative estimate of drug-likeness (QED) is 0.669. The molecule has 0 saturated heterocycles. The fraction of sp³-hybridized carbons (Fsp3) is 0.263. The van der Waals surface area contributed by atoms with E-state index in [2.05, 4.69) is 20.8 Å². The summed E-state index contributed by atoms with van der Waals surface area (Å²) in [7, 11) is 3.11. The van der Waals surface area contributed by atoms with E-state index in [0.29, 0.717) is 46.6 Å². The second-order valence-electron chi connectivity index (χ2n) is 5.78. The number of nitrogens with zero attached hydrogens (tertiary/aromatic N) is 4. The highest BCUT2D eigenvalue weighted by Gasteiger charge is 2.15. The van der Waals surface area contributed by atoms with E-state index in [1.165, 1.54) is 4.68 Å². The van der Waals surface area contributed by atoms with E-state index in [0.717, 1.165) is 0 Å². The Morgan fingerprint density at radius 1 is 1.07 bits per heavy atom. The topological polar surface area (TPSA) is 100 Å². The zero-order chi connectivity index (χ0) is 20.1. The minimum Gasteiger partial charge on any atom is -0.494 e. The Kier molecular flexibility index (Phi) is 5.73. The molecule has 1 aromatic heterocycles. The Hall–Kier alpha value is -3.62. The van der Waals surface area contributed by atoms with Crippen molar-refractivity contribution in [2.24, 2.45) is 0 Å². The SMILES string of the molecule is CCOc1cc(C(=O)Nc2ccc(OC)c(-n3nnnc3C)c2)ccc1OC. The van der Waals surface area contributed by atoms with Crippen molar-refractivity contribution in [3.05, 3.63) is 47.8 Å². The van der Waals surface area contributed by atoms with Gasteiger partial charge in [0.1, 0.15) is 11.4 Å². The van der Waals surface area contributed by atoms with Gasteiger partial charge in [0.25, 0.3) is 5.91 Å². The monoisotopic (exact) mass is 383 g/mol. The van der Waals surface area contributed by atoms with E-state index in [1.54, 1.807) is 57.5 Å². The molecule has 9 nitrogen and oxygen atoms in total. The van der Waals surface area contributed by atoms with Gasteiger partial charge in [-0.05, 0) is 60.7 Å². The van der Waals surface area contributed by atoms with Crippen LogP contribution in [0.2, 0.25) is 0 Å². The lowest BCUT2D eigenvalue weighted by Gasteiger charge is -2.13. The van der Waals surface area contributed by atoms with Crippen LogP contribution in [0.25, 0.3) is 5.69 Å². The van der Waals surface area contributed by atoms with Crippen LogP contribution in [0.3, 0.4) is 0 Å². The third kappa shape index (κ3) is 3.88. The van der Waals surface area contributed by atoms with E-state index >= 15 is 0 Å². The van der Waals surface area contributed by atoms with Gasteiger partial charge in [-0.15, -0.1) is 5.10 Å². The minimum atomic E-state index is -0.284. The first-order valence-corrected chi connectivity index (χ1v) is 8.63. The maximum atomic E-state index is 12.7. The van der Waals surface area contributed by atoms with E-state index in [9.17, 15) is 4.79 Å². The van der Waals surface area contributed by atoms with E-state index in [-0.39, 0.29) is 5.91 Å². The normalized spacial score (nSPS) is 10.4. The molecule has 1 amide bonds. The molecule has 0 spiro atoms. The van der Waals surface area contributed by atoms with E-state index in [4.69, 9.17) is 14.2 Å². The third-order valence-corrected chi connectivity index (χ3v) is 4.02. The lowest BCUT2D eigenvalue weighted by Crippen LogP contribution is -2.13. The molecular weight excluding hydrogens is 362 g/mol. The predicted octanol–water partition coefficient (Wildman–Crippen LogP) is 2.64. The fourth-order valence-electron chi connectivity index (χ4n) is 2.68. The maximum Gasteiger partial charge on any atom is 0.255 e. The van der Waals surface area contributed by atoms with Crippen LogP contribution in [0.5, 0.6) is 17.2 Å². The van der Waals surface area contributed by atoms with Crippen molar-refractivity contribution in [2.45, 2.75) is 13.8 Å². The van der Waals surface area contributed by atoms with Crippen molar-refractivity contribution in [1.29, 1.82) is 0 Å². The molecule has 3 rings (SSSR count). The molecular formula is C19H21N5O4. The summed E-state index contributed by atoms with van der Waals surface area (Å²) in [6.45, 7) is 4.11. The molecule has 1 heterocycles. The van der Waals surface area contributed by atoms with Crippen LogP contribution in [0, 0.1) is 6.92 Å². The summed E-state index contributed by atoms with van der Waals surface area (Å²) in [6.07, 6.45) is 0. The van der Waals surface area contributed by atoms with Crippen LogP contribution >= 0.6 is 0 Å². The number of aryl methyl sites for hydroxylation is 1. The summed E-state index contributed by atoms with van der Waals surface area (Å²) in [6, 6.07) is 10.2. The lowest BCUT2D eigenvalue weighted by molar-refractivity contribution is 0.102. The summed E-state index contributed by atoms with van der Waals surface area (Å²) in [5.74, 6) is 1.97. The average molecular weight is 383 g/mol. The average Bonchev–Trinajstić information content (AvgIpc) is 3.13. The highest BCUT2D eigenvalue weighted by molar-refractivity contribution is 6.04. The Balaban J connectivity index is 1.89. The summed E-state index contributed by atoms with van der Waals surface area (Å²) in [5.41, 5.74) is 1.64. The van der Waals surface area contributed by atoms with Crippen LogP contribution in [-0.2, 0) is 0 Å². The second-order valence-corrected chi connectivity index (χ2v) is 5.78. The summed E-state index contributed by atoms with van der Waals surface area (Å²) in [5, 5.41) is 14.4. The number of carbonyl (C=O) groups is 1. The third-order valence-electron chi connectivity index (χ3n) is 4.02. The molecule has 2 aromatic carbocycles. The van der Waals surface area contributed by atoms with Gasteiger partial charge in [0.15, 0.2) is 17.3 Å². The number of rotatable bonds is 7. The molecule has 1 N–H and O–H groups in total. The zero-order valence-corrected chi connectivity index (χ0v) is 16.1. The van der Waals surface area contributed by atoms with Gasteiger partial charge in [0.2, 0.25) is 0 Å². The minimum absolute atomic E-state index is 0.284. The summed E-state index contributed by atoms with van der Waals surface area (Å²) < 4.78 is 17.7. The number of ether oxygens (including phenoxy) is 3. The Morgan fingerprint density at radius 3 is 2.46 bits per heavy atom. The largest absolute Gasteiger partial charge is 0.494 e. The first-order valence-electron chi connectivity index (χ1n) is 8.63. The van der Waals surface area contributed by atoms with Gasteiger partial charge in [-0.25, -0.2) is 0 Å². The van der Waals surface area contributed by atoms with Crippen LogP contribution < -0.4 is 19.5 Å². The van der Waals surface area contributed by atoms with Gasteiger partial charge < -0.3 is 19.5 Å². The van der Waals surface area contributed by atoms with Crippen molar-refractivity contribution in [1.82, 2.24) is 20.2 Å². The predicted molar refractivity (Wildman–Crippen MR) is 103 cm³/mol. The van der Waals surface area contributed by atoms with Crippen molar-refractivity contribution >= 4 is 11.6 Å². The molecule has 0 aliphatic carbocycles. The first-order chi connectivity index (χ1) is 13.6. The smallest absolute Gasteiger partial charge is 0.255 e. The van der Waals surface area contributed by atoms with Gasteiger partial charge in [-0.2, -0.15) is 4.68 Å². The zero-order valence-electron chi connectivity index (χ0n) is 16.1. The van der Waals surface area contributed by atoms with Crippen LogP contribution in [0.15, 0.2) is 36.4 Å². The number of nitrogens with one attached hydrogen (secondary N) is 1. The summed E-state index contributed by atoms with van der Waals surface area (Å²) >= 11 is 0. The molecule has 0 saturated carbocycles. The highest BCUT2D eigenvalue weighted by atomic mass is 16.5.